The topological polar surface area (TPSA) is 80.0 Å². The molecule has 4 aromatic rings. The molecule has 33 heavy (non-hydrogen) atoms. The zero-order valence-corrected chi connectivity index (χ0v) is 21.3. The number of hydrogen-bond acceptors (Lipinski definition) is 5. The maximum atomic E-state index is 12.6. The van der Waals surface area contributed by atoms with E-state index in [0.29, 0.717) is 27.3 Å². The van der Waals surface area contributed by atoms with Gasteiger partial charge in [-0.15, -0.1) is 10.2 Å². The molecule has 168 valence electrons. The number of carbonyl (C=O) groups is 1. The van der Waals surface area contributed by atoms with Crippen LogP contribution < -0.4 is 5.32 Å². The first-order valence-corrected chi connectivity index (χ1v) is 12.3. The average Bonchev–Trinajstić information content (AvgIpc) is 3.22. The fourth-order valence-corrected chi connectivity index (χ4v) is 4.68. The van der Waals surface area contributed by atoms with Crippen molar-refractivity contribution in [2.24, 2.45) is 0 Å². The minimum absolute atomic E-state index is 0.0337. The standard InChI is InChI=1S/C22H14BrCl3N4O2S/c23-12-6-7-19(31)14(8-12)21-28-29-22(30(21)13-4-2-1-3-5-13)33-11-20(32)27-18-10-16(25)15(24)9-17(18)26/h1-10,31H,11H2,(H,27,32). The molecule has 1 aromatic heterocycles. The average molecular weight is 585 g/mol. The highest BCUT2D eigenvalue weighted by molar-refractivity contribution is 9.10. The number of aromatic nitrogens is 3. The third kappa shape index (κ3) is 5.47. The van der Waals surface area contributed by atoms with Crippen LogP contribution in [0.5, 0.6) is 5.75 Å². The Bertz CT molecular complexity index is 1330. The molecule has 0 spiro atoms. The lowest BCUT2D eigenvalue weighted by Gasteiger charge is -2.12. The molecule has 1 heterocycles. The summed E-state index contributed by atoms with van der Waals surface area (Å²) in [7, 11) is 0. The number of amides is 1. The number of aromatic hydroxyl groups is 1. The van der Waals surface area contributed by atoms with Crippen LogP contribution >= 0.6 is 62.5 Å². The molecule has 0 saturated carbocycles. The quantitative estimate of drug-likeness (QED) is 0.187. The van der Waals surface area contributed by atoms with Crippen LogP contribution in [0.1, 0.15) is 0 Å². The number of thioether (sulfide) groups is 1. The smallest absolute Gasteiger partial charge is 0.234 e. The molecular formula is C22H14BrCl3N4O2S. The molecule has 0 radical (unpaired) electrons. The summed E-state index contributed by atoms with van der Waals surface area (Å²) in [6.45, 7) is 0. The second-order valence-electron chi connectivity index (χ2n) is 6.72. The predicted molar refractivity (Wildman–Crippen MR) is 137 cm³/mol. The van der Waals surface area contributed by atoms with Crippen LogP contribution in [0.15, 0.2) is 70.3 Å². The van der Waals surface area contributed by atoms with Gasteiger partial charge in [-0.1, -0.05) is 80.7 Å². The number of halogens is 4. The number of benzene rings is 3. The Morgan fingerprint density at radius 3 is 2.48 bits per heavy atom. The lowest BCUT2D eigenvalue weighted by Crippen LogP contribution is -2.15. The molecule has 6 nitrogen and oxygen atoms in total. The van der Waals surface area contributed by atoms with Gasteiger partial charge in [0.05, 0.1) is 32.1 Å². The molecule has 0 aliphatic carbocycles. The summed E-state index contributed by atoms with van der Waals surface area (Å²) < 4.78 is 2.57. The van der Waals surface area contributed by atoms with E-state index in [2.05, 4.69) is 31.4 Å². The van der Waals surface area contributed by atoms with Gasteiger partial charge in [0, 0.05) is 10.2 Å². The minimum atomic E-state index is -0.310. The highest BCUT2D eigenvalue weighted by atomic mass is 79.9. The van der Waals surface area contributed by atoms with Crippen LogP contribution in [0, 0.1) is 0 Å². The lowest BCUT2D eigenvalue weighted by molar-refractivity contribution is -0.113. The Balaban J connectivity index is 1.62. The monoisotopic (exact) mass is 582 g/mol. The molecule has 0 unspecified atom stereocenters. The fourth-order valence-electron chi connectivity index (χ4n) is 2.97. The number of anilines is 1. The number of para-hydroxylation sites is 1. The van der Waals surface area contributed by atoms with Crippen molar-refractivity contribution < 1.29 is 9.90 Å². The van der Waals surface area contributed by atoms with Gasteiger partial charge in [0.1, 0.15) is 5.75 Å². The van der Waals surface area contributed by atoms with Crippen LogP contribution in [0.4, 0.5) is 5.69 Å². The van der Waals surface area contributed by atoms with Crippen LogP contribution in [-0.4, -0.2) is 31.5 Å². The fraction of sp³-hybridized carbons (Fsp3) is 0.0455. The Labute approximate surface area is 217 Å². The molecule has 0 fully saturated rings. The Kier molecular flexibility index (Phi) is 7.51. The highest BCUT2D eigenvalue weighted by Gasteiger charge is 2.20. The Morgan fingerprint density at radius 1 is 1.00 bits per heavy atom. The molecular weight excluding hydrogens is 571 g/mol. The van der Waals surface area contributed by atoms with E-state index in [1.165, 1.54) is 23.9 Å². The van der Waals surface area contributed by atoms with Crippen molar-refractivity contribution in [2.75, 3.05) is 11.1 Å². The van der Waals surface area contributed by atoms with Crippen molar-refractivity contribution in [3.05, 3.63) is 80.2 Å². The number of nitrogens with one attached hydrogen (secondary N) is 1. The van der Waals surface area contributed by atoms with E-state index in [1.807, 2.05) is 30.3 Å². The summed E-state index contributed by atoms with van der Waals surface area (Å²) in [4.78, 5) is 12.6. The number of hydrogen-bond donors (Lipinski definition) is 2. The van der Waals surface area contributed by atoms with E-state index >= 15 is 0 Å². The molecule has 11 heteroatoms. The second-order valence-corrected chi connectivity index (χ2v) is 9.80. The lowest BCUT2D eigenvalue weighted by atomic mass is 10.2. The minimum Gasteiger partial charge on any atom is -0.507 e. The largest absolute Gasteiger partial charge is 0.507 e. The molecule has 2 N–H and O–H groups in total. The van der Waals surface area contributed by atoms with Crippen molar-refractivity contribution in [3.63, 3.8) is 0 Å². The van der Waals surface area contributed by atoms with Gasteiger partial charge in [0.2, 0.25) is 5.91 Å². The molecule has 0 aliphatic heterocycles. The van der Waals surface area contributed by atoms with E-state index in [0.717, 1.165) is 10.2 Å². The van der Waals surface area contributed by atoms with E-state index < -0.39 is 0 Å². The van der Waals surface area contributed by atoms with Crippen molar-refractivity contribution in [1.29, 1.82) is 0 Å². The van der Waals surface area contributed by atoms with Gasteiger partial charge in [-0.3, -0.25) is 9.36 Å². The summed E-state index contributed by atoms with van der Waals surface area (Å²) in [6.07, 6.45) is 0. The normalized spacial score (nSPS) is 10.9. The summed E-state index contributed by atoms with van der Waals surface area (Å²) in [5, 5.41) is 23.0. The third-order valence-electron chi connectivity index (χ3n) is 4.46. The van der Waals surface area contributed by atoms with Crippen LogP contribution in [0.2, 0.25) is 15.1 Å². The first-order chi connectivity index (χ1) is 15.8. The number of phenolic OH excluding ortho intramolecular Hbond substituents is 1. The zero-order chi connectivity index (χ0) is 23.5. The molecule has 4 rings (SSSR count). The van der Waals surface area contributed by atoms with Crippen LogP contribution in [0.3, 0.4) is 0 Å². The molecule has 0 saturated heterocycles. The van der Waals surface area contributed by atoms with Crippen molar-refractivity contribution in [2.45, 2.75) is 5.16 Å². The first-order valence-electron chi connectivity index (χ1n) is 9.40. The van der Waals surface area contributed by atoms with Gasteiger partial charge in [0.25, 0.3) is 0 Å². The Hall–Kier alpha value is -2.23. The maximum absolute atomic E-state index is 12.6. The number of nitrogens with zero attached hydrogens (tertiary/aromatic N) is 3. The SMILES string of the molecule is O=C(CSc1nnc(-c2cc(Br)ccc2O)n1-c1ccccc1)Nc1cc(Cl)c(Cl)cc1Cl. The maximum Gasteiger partial charge on any atom is 0.234 e. The summed E-state index contributed by atoms with van der Waals surface area (Å²) in [5.41, 5.74) is 1.65. The van der Waals surface area contributed by atoms with Crippen molar-refractivity contribution in [1.82, 2.24) is 14.8 Å². The predicted octanol–water partition coefficient (Wildman–Crippen LogP) is 7.09. The molecule has 0 atom stereocenters. The number of rotatable bonds is 6. The van der Waals surface area contributed by atoms with E-state index in [1.54, 1.807) is 22.8 Å². The zero-order valence-electron chi connectivity index (χ0n) is 16.6. The van der Waals surface area contributed by atoms with Gasteiger partial charge < -0.3 is 10.4 Å². The first kappa shape index (κ1) is 23.9. The second kappa shape index (κ2) is 10.4. The summed E-state index contributed by atoms with van der Waals surface area (Å²) in [6, 6.07) is 17.5. The number of carbonyl (C=O) groups excluding carboxylic acids is 1. The number of phenols is 1. The summed E-state index contributed by atoms with van der Waals surface area (Å²) in [5.74, 6) is 0.225. The van der Waals surface area contributed by atoms with Crippen molar-refractivity contribution in [3.8, 4) is 22.8 Å². The van der Waals surface area contributed by atoms with E-state index in [9.17, 15) is 9.90 Å². The Morgan fingerprint density at radius 2 is 1.73 bits per heavy atom. The molecule has 3 aromatic carbocycles. The van der Waals surface area contributed by atoms with Gasteiger partial charge in [0.15, 0.2) is 11.0 Å². The van der Waals surface area contributed by atoms with Crippen molar-refractivity contribution >= 4 is 74.1 Å². The van der Waals surface area contributed by atoms with Gasteiger partial charge in [-0.2, -0.15) is 0 Å². The van der Waals surface area contributed by atoms with Gasteiger partial charge in [-0.25, -0.2) is 0 Å². The van der Waals surface area contributed by atoms with Gasteiger partial charge in [-0.05, 0) is 42.5 Å². The summed E-state index contributed by atoms with van der Waals surface area (Å²) >= 11 is 22.7. The molecule has 1 amide bonds. The van der Waals surface area contributed by atoms with E-state index in [-0.39, 0.29) is 27.5 Å². The van der Waals surface area contributed by atoms with Gasteiger partial charge >= 0.3 is 0 Å². The highest BCUT2D eigenvalue weighted by Crippen LogP contribution is 2.35. The third-order valence-corrected chi connectivity index (χ3v) is 6.92. The van der Waals surface area contributed by atoms with Crippen LogP contribution in [-0.2, 0) is 4.79 Å². The van der Waals surface area contributed by atoms with Crippen LogP contribution in [0.25, 0.3) is 17.1 Å². The van der Waals surface area contributed by atoms with E-state index in [4.69, 9.17) is 34.8 Å². The molecule has 0 aliphatic rings. The molecule has 0 bridgehead atoms.